The molecule has 0 bridgehead atoms. The van der Waals surface area contributed by atoms with Gasteiger partial charge in [0.25, 0.3) is 0 Å². The molecule has 0 heterocycles. The van der Waals surface area contributed by atoms with E-state index in [0.29, 0.717) is 6.42 Å². The first-order valence-corrected chi connectivity index (χ1v) is 6.46. The molecule has 6 heteroatoms. The van der Waals surface area contributed by atoms with Crippen LogP contribution in [0.25, 0.3) is 0 Å². The summed E-state index contributed by atoms with van der Waals surface area (Å²) < 4.78 is 0. The standard InChI is InChI=1S/C7H13NO3S2/c1-5(9)8-6(7(10)11)3-4-13-12-2/h6H,3-4H2,1-2H3,(H,8,9)(H,10,11). The van der Waals surface area contributed by atoms with E-state index in [1.165, 1.54) is 6.92 Å². The normalized spacial score (nSPS) is 12.2. The van der Waals surface area contributed by atoms with Gasteiger partial charge in [-0.1, -0.05) is 21.6 Å². The van der Waals surface area contributed by atoms with Gasteiger partial charge in [-0.05, 0) is 12.7 Å². The first kappa shape index (κ1) is 12.6. The van der Waals surface area contributed by atoms with Crippen LogP contribution in [0.15, 0.2) is 0 Å². The van der Waals surface area contributed by atoms with Gasteiger partial charge in [0.1, 0.15) is 6.04 Å². The lowest BCUT2D eigenvalue weighted by Gasteiger charge is -2.11. The predicted molar refractivity (Wildman–Crippen MR) is 55.8 cm³/mol. The summed E-state index contributed by atoms with van der Waals surface area (Å²) in [5.41, 5.74) is 0. The molecule has 2 N–H and O–H groups in total. The summed E-state index contributed by atoms with van der Waals surface area (Å²) in [6.45, 7) is 1.32. The lowest BCUT2D eigenvalue weighted by atomic mass is 10.2. The lowest BCUT2D eigenvalue weighted by Crippen LogP contribution is -2.39. The van der Waals surface area contributed by atoms with Gasteiger partial charge in [0, 0.05) is 12.7 Å². The second-order valence-electron chi connectivity index (χ2n) is 2.37. The number of amides is 1. The maximum absolute atomic E-state index is 10.6. The number of aliphatic carboxylic acids is 1. The fraction of sp³-hybridized carbons (Fsp3) is 0.714. The molecule has 0 aromatic rings. The van der Waals surface area contributed by atoms with E-state index in [1.807, 2.05) is 6.26 Å². The summed E-state index contributed by atoms with van der Waals surface area (Å²) in [5.74, 6) is -0.559. The van der Waals surface area contributed by atoms with Gasteiger partial charge in [-0.3, -0.25) is 4.79 Å². The average Bonchev–Trinajstić information content (AvgIpc) is 2.02. The zero-order valence-electron chi connectivity index (χ0n) is 7.57. The van der Waals surface area contributed by atoms with Crippen LogP contribution in [0.5, 0.6) is 0 Å². The Morgan fingerprint density at radius 1 is 1.54 bits per heavy atom. The van der Waals surface area contributed by atoms with Gasteiger partial charge in [-0.2, -0.15) is 0 Å². The smallest absolute Gasteiger partial charge is 0.326 e. The summed E-state index contributed by atoms with van der Waals surface area (Å²) in [6, 6.07) is -0.753. The predicted octanol–water partition coefficient (Wildman–Crippen LogP) is 0.977. The molecule has 0 aliphatic heterocycles. The second kappa shape index (κ2) is 7.08. The van der Waals surface area contributed by atoms with Crippen LogP contribution in [0.1, 0.15) is 13.3 Å². The van der Waals surface area contributed by atoms with Crippen molar-refractivity contribution in [2.24, 2.45) is 0 Å². The van der Waals surface area contributed by atoms with Crippen molar-refractivity contribution in [3.05, 3.63) is 0 Å². The molecule has 0 aromatic carbocycles. The maximum atomic E-state index is 10.6. The number of carboxylic acid groups (broad SMARTS) is 1. The van der Waals surface area contributed by atoms with E-state index >= 15 is 0 Å². The molecule has 0 spiro atoms. The van der Waals surface area contributed by atoms with E-state index in [0.717, 1.165) is 5.75 Å². The van der Waals surface area contributed by atoms with Crippen LogP contribution >= 0.6 is 21.6 Å². The third-order valence-electron chi connectivity index (χ3n) is 1.28. The van der Waals surface area contributed by atoms with Crippen molar-refractivity contribution < 1.29 is 14.7 Å². The number of nitrogens with one attached hydrogen (secondary N) is 1. The molecule has 13 heavy (non-hydrogen) atoms. The van der Waals surface area contributed by atoms with Crippen molar-refractivity contribution in [2.45, 2.75) is 19.4 Å². The summed E-state index contributed by atoms with van der Waals surface area (Å²) in [7, 11) is 3.17. The summed E-state index contributed by atoms with van der Waals surface area (Å²) in [4.78, 5) is 21.2. The van der Waals surface area contributed by atoms with Crippen LogP contribution in [0.4, 0.5) is 0 Å². The number of carbonyl (C=O) groups excluding carboxylic acids is 1. The first-order valence-electron chi connectivity index (χ1n) is 3.73. The Morgan fingerprint density at radius 3 is 2.54 bits per heavy atom. The van der Waals surface area contributed by atoms with Gasteiger partial charge in [0.2, 0.25) is 5.91 Å². The van der Waals surface area contributed by atoms with Crippen molar-refractivity contribution in [2.75, 3.05) is 12.0 Å². The average molecular weight is 223 g/mol. The monoisotopic (exact) mass is 223 g/mol. The SMILES string of the molecule is CSSCCC(NC(C)=O)C(=O)O. The van der Waals surface area contributed by atoms with Crippen LogP contribution in [0.2, 0.25) is 0 Å². The number of hydrogen-bond acceptors (Lipinski definition) is 4. The van der Waals surface area contributed by atoms with Gasteiger partial charge < -0.3 is 10.4 Å². The van der Waals surface area contributed by atoms with Crippen LogP contribution in [-0.2, 0) is 9.59 Å². The molecule has 0 aromatic heterocycles. The lowest BCUT2D eigenvalue weighted by molar-refractivity contribution is -0.141. The molecule has 76 valence electrons. The molecule has 0 saturated carbocycles. The number of carboxylic acids is 1. The minimum Gasteiger partial charge on any atom is -0.480 e. The Labute approximate surface area is 85.2 Å². The summed E-state index contributed by atoms with van der Waals surface area (Å²) in [5, 5.41) is 11.1. The van der Waals surface area contributed by atoms with Crippen molar-refractivity contribution in [1.82, 2.24) is 5.32 Å². The van der Waals surface area contributed by atoms with E-state index in [2.05, 4.69) is 5.32 Å². The molecular weight excluding hydrogens is 210 g/mol. The molecule has 0 saturated heterocycles. The highest BCUT2D eigenvalue weighted by Crippen LogP contribution is 2.18. The van der Waals surface area contributed by atoms with Crippen molar-refractivity contribution in [3.8, 4) is 0 Å². The van der Waals surface area contributed by atoms with Crippen LogP contribution in [0.3, 0.4) is 0 Å². The highest BCUT2D eigenvalue weighted by molar-refractivity contribution is 8.76. The van der Waals surface area contributed by atoms with Gasteiger partial charge in [-0.15, -0.1) is 0 Å². The molecule has 0 aliphatic rings. The van der Waals surface area contributed by atoms with Gasteiger partial charge >= 0.3 is 5.97 Å². The molecule has 0 rings (SSSR count). The van der Waals surface area contributed by atoms with Crippen LogP contribution in [0, 0.1) is 0 Å². The zero-order chi connectivity index (χ0) is 10.3. The summed E-state index contributed by atoms with van der Waals surface area (Å²) in [6.07, 6.45) is 2.39. The maximum Gasteiger partial charge on any atom is 0.326 e. The van der Waals surface area contributed by atoms with Gasteiger partial charge in [0.05, 0.1) is 0 Å². The van der Waals surface area contributed by atoms with Crippen LogP contribution in [-0.4, -0.2) is 35.0 Å². The summed E-state index contributed by atoms with van der Waals surface area (Å²) >= 11 is 0. The number of hydrogen-bond donors (Lipinski definition) is 2. The fourth-order valence-corrected chi connectivity index (χ4v) is 2.04. The molecule has 0 radical (unpaired) electrons. The van der Waals surface area contributed by atoms with E-state index < -0.39 is 12.0 Å². The number of rotatable bonds is 6. The van der Waals surface area contributed by atoms with E-state index in [-0.39, 0.29) is 5.91 Å². The zero-order valence-corrected chi connectivity index (χ0v) is 9.20. The van der Waals surface area contributed by atoms with E-state index in [9.17, 15) is 9.59 Å². The highest BCUT2D eigenvalue weighted by atomic mass is 33.1. The fourth-order valence-electron chi connectivity index (χ4n) is 0.752. The topological polar surface area (TPSA) is 66.4 Å². The Bertz CT molecular complexity index is 187. The minimum absolute atomic E-state index is 0.304. The third-order valence-corrected chi connectivity index (χ3v) is 3.13. The quantitative estimate of drug-likeness (QED) is 0.519. The van der Waals surface area contributed by atoms with Crippen LogP contribution < -0.4 is 5.32 Å². The van der Waals surface area contributed by atoms with Crippen molar-refractivity contribution in [3.63, 3.8) is 0 Å². The van der Waals surface area contributed by atoms with E-state index in [4.69, 9.17) is 5.11 Å². The highest BCUT2D eigenvalue weighted by Gasteiger charge is 2.17. The van der Waals surface area contributed by atoms with E-state index in [1.54, 1.807) is 21.6 Å². The van der Waals surface area contributed by atoms with Crippen molar-refractivity contribution >= 4 is 33.5 Å². The largest absolute Gasteiger partial charge is 0.480 e. The van der Waals surface area contributed by atoms with Crippen molar-refractivity contribution in [1.29, 1.82) is 0 Å². The second-order valence-corrected chi connectivity index (χ2v) is 5.05. The number of carbonyl (C=O) groups is 2. The molecule has 1 atom stereocenters. The van der Waals surface area contributed by atoms with Gasteiger partial charge in [0.15, 0.2) is 0 Å². The molecular formula is C7H13NO3S2. The molecule has 0 aliphatic carbocycles. The third kappa shape index (κ3) is 6.77. The molecule has 0 fully saturated rings. The Balaban J connectivity index is 3.81. The minimum atomic E-state index is -0.975. The molecule has 1 amide bonds. The Hall–Kier alpha value is -0.360. The molecule has 4 nitrogen and oxygen atoms in total. The van der Waals surface area contributed by atoms with Gasteiger partial charge in [-0.25, -0.2) is 4.79 Å². The molecule has 1 unspecified atom stereocenters. The Morgan fingerprint density at radius 2 is 2.15 bits per heavy atom. The first-order chi connectivity index (χ1) is 6.07. The Kier molecular flexibility index (Phi) is 6.89.